The van der Waals surface area contributed by atoms with Crippen LogP contribution in [0.1, 0.15) is 31.9 Å². The third kappa shape index (κ3) is 2.83. The molecule has 0 aliphatic heterocycles. The predicted octanol–water partition coefficient (Wildman–Crippen LogP) is 4.20. The summed E-state index contributed by atoms with van der Waals surface area (Å²) in [5.41, 5.74) is -0.143. The molecule has 19 heavy (non-hydrogen) atoms. The fourth-order valence-electron chi connectivity index (χ4n) is 1.98. The number of aliphatic hydroxyl groups is 1. The number of carboxylic acid groups (broad SMARTS) is 1. The molecule has 0 aliphatic rings. The van der Waals surface area contributed by atoms with Crippen molar-refractivity contribution >= 4 is 43.3 Å². The molecule has 0 fully saturated rings. The van der Waals surface area contributed by atoms with Gasteiger partial charge in [-0.25, -0.2) is 0 Å². The minimum atomic E-state index is -0.945. The van der Waals surface area contributed by atoms with E-state index in [0.29, 0.717) is 0 Å². The van der Waals surface area contributed by atoms with E-state index in [4.69, 9.17) is 5.11 Å². The number of carboxylic acids is 1. The smallest absolute Gasteiger partial charge is 0.309 e. The van der Waals surface area contributed by atoms with Crippen molar-refractivity contribution in [2.24, 2.45) is 5.41 Å². The minimum absolute atomic E-state index is 0.195. The van der Waals surface area contributed by atoms with Crippen LogP contribution in [-0.4, -0.2) is 16.2 Å². The molecule has 2 rings (SSSR count). The zero-order valence-corrected chi connectivity index (χ0v) is 13.1. The molecule has 0 radical (unpaired) electrons. The lowest BCUT2D eigenvalue weighted by molar-refractivity contribution is -0.148. The molecule has 0 saturated carbocycles. The molecule has 0 aliphatic carbocycles. The number of halogens is 1. The Balaban J connectivity index is 2.35. The van der Waals surface area contributed by atoms with Crippen LogP contribution in [-0.2, 0) is 4.79 Å². The number of aliphatic carboxylic acids is 1. The fourth-order valence-corrected chi connectivity index (χ4v) is 3.65. The summed E-state index contributed by atoms with van der Waals surface area (Å²) in [5.74, 6) is -0.896. The minimum Gasteiger partial charge on any atom is -0.481 e. The van der Waals surface area contributed by atoms with Gasteiger partial charge in [-0.1, -0.05) is 12.1 Å². The van der Waals surface area contributed by atoms with Crippen molar-refractivity contribution in [1.82, 2.24) is 0 Å². The number of hydrogen-bond acceptors (Lipinski definition) is 3. The van der Waals surface area contributed by atoms with Gasteiger partial charge >= 0.3 is 5.97 Å². The van der Waals surface area contributed by atoms with Crippen molar-refractivity contribution in [3.05, 3.63) is 33.6 Å². The van der Waals surface area contributed by atoms with Crippen LogP contribution in [0, 0.1) is 5.41 Å². The highest BCUT2D eigenvalue weighted by Gasteiger charge is 2.31. The first-order valence-corrected chi connectivity index (χ1v) is 7.57. The normalized spacial score (nSPS) is 13.7. The second-order valence-electron chi connectivity index (χ2n) is 5.22. The Morgan fingerprint density at radius 2 is 2.16 bits per heavy atom. The van der Waals surface area contributed by atoms with Gasteiger partial charge in [-0.05, 0) is 58.6 Å². The van der Waals surface area contributed by atoms with Crippen LogP contribution in [0.25, 0.3) is 10.1 Å². The van der Waals surface area contributed by atoms with Gasteiger partial charge in [0.05, 0.1) is 11.5 Å². The van der Waals surface area contributed by atoms with Crippen LogP contribution in [0.5, 0.6) is 0 Å². The molecule has 3 nitrogen and oxygen atoms in total. The quantitative estimate of drug-likeness (QED) is 0.875. The van der Waals surface area contributed by atoms with Gasteiger partial charge in [0.2, 0.25) is 0 Å². The van der Waals surface area contributed by atoms with E-state index >= 15 is 0 Å². The Hall–Kier alpha value is -0.910. The van der Waals surface area contributed by atoms with Crippen LogP contribution < -0.4 is 0 Å². The zero-order valence-electron chi connectivity index (χ0n) is 10.7. The molecule has 2 aromatic rings. The van der Waals surface area contributed by atoms with E-state index in [0.717, 1.165) is 20.1 Å². The molecule has 5 heteroatoms. The first-order chi connectivity index (χ1) is 8.83. The molecule has 0 amide bonds. The van der Waals surface area contributed by atoms with Gasteiger partial charge in [0.1, 0.15) is 0 Å². The van der Waals surface area contributed by atoms with Crippen molar-refractivity contribution in [2.45, 2.75) is 26.4 Å². The van der Waals surface area contributed by atoms with E-state index in [2.05, 4.69) is 15.9 Å². The highest BCUT2D eigenvalue weighted by Crippen LogP contribution is 2.38. The molecule has 1 heterocycles. The Morgan fingerprint density at radius 1 is 1.47 bits per heavy atom. The maximum Gasteiger partial charge on any atom is 0.309 e. The summed E-state index contributed by atoms with van der Waals surface area (Å²) in [7, 11) is 0. The van der Waals surface area contributed by atoms with Crippen LogP contribution in [0.3, 0.4) is 0 Å². The van der Waals surface area contributed by atoms with Crippen LogP contribution in [0.15, 0.2) is 28.1 Å². The molecular weight excluding hydrogens is 328 g/mol. The van der Waals surface area contributed by atoms with Crippen molar-refractivity contribution in [1.29, 1.82) is 0 Å². The zero-order chi connectivity index (χ0) is 14.2. The standard InChI is InChI=1S/C14H15BrO3S/c1-14(2,13(17)18)6-11(16)9-7-19-12-8(9)4-3-5-10(12)15/h3-5,7,11,16H,6H2,1-2H3,(H,17,18). The topological polar surface area (TPSA) is 57.5 Å². The van der Waals surface area contributed by atoms with Gasteiger partial charge in [-0.15, -0.1) is 11.3 Å². The number of benzene rings is 1. The van der Waals surface area contributed by atoms with Gasteiger partial charge in [0.25, 0.3) is 0 Å². The third-order valence-corrected chi connectivity index (χ3v) is 5.19. The van der Waals surface area contributed by atoms with Gasteiger partial charge in [-0.3, -0.25) is 4.79 Å². The van der Waals surface area contributed by atoms with Crippen molar-refractivity contribution in [3.8, 4) is 0 Å². The largest absolute Gasteiger partial charge is 0.481 e. The fraction of sp³-hybridized carbons (Fsp3) is 0.357. The summed E-state index contributed by atoms with van der Waals surface area (Å²) < 4.78 is 2.07. The van der Waals surface area contributed by atoms with E-state index in [9.17, 15) is 9.90 Å². The first-order valence-electron chi connectivity index (χ1n) is 5.90. The molecule has 0 bridgehead atoms. The Kier molecular flexibility index (Phi) is 3.99. The summed E-state index contributed by atoms with van der Waals surface area (Å²) in [6, 6.07) is 5.82. The average molecular weight is 343 g/mol. The molecule has 0 spiro atoms. The van der Waals surface area contributed by atoms with Crippen molar-refractivity contribution < 1.29 is 15.0 Å². The van der Waals surface area contributed by atoms with E-state index in [1.54, 1.807) is 25.2 Å². The predicted molar refractivity (Wildman–Crippen MR) is 80.5 cm³/mol. The molecule has 1 aromatic carbocycles. The summed E-state index contributed by atoms with van der Waals surface area (Å²) in [6.45, 7) is 3.26. The van der Waals surface area contributed by atoms with Gasteiger partial charge in [-0.2, -0.15) is 0 Å². The summed E-state index contributed by atoms with van der Waals surface area (Å²) in [6.07, 6.45) is -0.574. The SMILES string of the molecule is CC(C)(CC(O)c1csc2c(Br)cccc12)C(=O)O. The second kappa shape index (κ2) is 5.23. The van der Waals surface area contributed by atoms with Gasteiger partial charge in [0, 0.05) is 9.17 Å². The van der Waals surface area contributed by atoms with Gasteiger partial charge < -0.3 is 10.2 Å². The molecule has 0 saturated heterocycles. The van der Waals surface area contributed by atoms with Crippen LogP contribution in [0.2, 0.25) is 0 Å². The number of aliphatic hydroxyl groups excluding tert-OH is 1. The summed E-state index contributed by atoms with van der Waals surface area (Å²) in [5, 5.41) is 22.3. The number of hydrogen-bond donors (Lipinski definition) is 2. The van der Waals surface area contributed by atoms with Crippen LogP contribution in [0.4, 0.5) is 0 Å². The van der Waals surface area contributed by atoms with E-state index in [-0.39, 0.29) is 6.42 Å². The average Bonchev–Trinajstić information content (AvgIpc) is 2.73. The van der Waals surface area contributed by atoms with Crippen molar-refractivity contribution in [3.63, 3.8) is 0 Å². The van der Waals surface area contributed by atoms with Crippen LogP contribution >= 0.6 is 27.3 Å². The lowest BCUT2D eigenvalue weighted by Crippen LogP contribution is -2.26. The molecule has 1 unspecified atom stereocenters. The monoisotopic (exact) mass is 342 g/mol. The molecule has 1 atom stereocenters. The Bertz CT molecular complexity index is 618. The molecule has 2 N–H and O–H groups in total. The second-order valence-corrected chi connectivity index (χ2v) is 6.95. The molecular formula is C14H15BrO3S. The number of thiophene rings is 1. The maximum atomic E-state index is 11.1. The lowest BCUT2D eigenvalue weighted by Gasteiger charge is -2.22. The number of carbonyl (C=O) groups is 1. The van der Waals surface area contributed by atoms with Crippen molar-refractivity contribution in [2.75, 3.05) is 0 Å². The third-order valence-electron chi connectivity index (χ3n) is 3.22. The summed E-state index contributed by atoms with van der Waals surface area (Å²) in [4.78, 5) is 11.1. The van der Waals surface area contributed by atoms with Gasteiger partial charge in [0.15, 0.2) is 0 Å². The highest BCUT2D eigenvalue weighted by atomic mass is 79.9. The summed E-state index contributed by atoms with van der Waals surface area (Å²) >= 11 is 5.03. The van der Waals surface area contributed by atoms with E-state index in [1.807, 2.05) is 23.6 Å². The Labute approximate surface area is 124 Å². The number of rotatable bonds is 4. The van der Waals surface area contributed by atoms with E-state index < -0.39 is 17.5 Å². The molecule has 102 valence electrons. The first kappa shape index (κ1) is 14.5. The lowest BCUT2D eigenvalue weighted by atomic mass is 9.85. The maximum absolute atomic E-state index is 11.1. The Morgan fingerprint density at radius 3 is 2.79 bits per heavy atom. The number of fused-ring (bicyclic) bond motifs is 1. The molecule has 1 aromatic heterocycles. The highest BCUT2D eigenvalue weighted by molar-refractivity contribution is 9.10. The van der Waals surface area contributed by atoms with E-state index in [1.165, 1.54) is 0 Å².